The van der Waals surface area contributed by atoms with Crippen LogP contribution in [-0.4, -0.2) is 47.8 Å². The number of nitrogens with zero attached hydrogens (tertiary/aromatic N) is 1. The molecule has 1 heterocycles. The number of H-pyrrole nitrogens is 1. The lowest BCUT2D eigenvalue weighted by molar-refractivity contribution is 0.0965. The van der Waals surface area contributed by atoms with Crippen LogP contribution in [0.25, 0.3) is 0 Å². The Morgan fingerprint density at radius 2 is 2.06 bits per heavy atom. The number of aryl methyl sites for hydroxylation is 1. The van der Waals surface area contributed by atoms with Gasteiger partial charge in [-0.25, -0.2) is 0 Å². The second-order valence-corrected chi connectivity index (χ2v) is 9.11. The number of ketones is 1. The maximum Gasteiger partial charge on any atom is 0.257 e. The van der Waals surface area contributed by atoms with Crippen molar-refractivity contribution in [1.29, 1.82) is 0 Å². The molecule has 1 aromatic carbocycles. The van der Waals surface area contributed by atoms with E-state index in [0.717, 1.165) is 56.1 Å². The molecule has 0 radical (unpaired) electrons. The fraction of sp³-hybridized carbons (Fsp3) is 0.538. The number of carbonyl (C=O) groups excluding carboxylic acids is 2. The van der Waals surface area contributed by atoms with Crippen molar-refractivity contribution < 1.29 is 14.3 Å². The van der Waals surface area contributed by atoms with Crippen LogP contribution in [0.3, 0.4) is 0 Å². The largest absolute Gasteiger partial charge is 0.493 e. The molecule has 0 saturated heterocycles. The molecule has 0 spiro atoms. The van der Waals surface area contributed by atoms with E-state index in [1.165, 1.54) is 25.8 Å². The Kier molecular flexibility index (Phi) is 7.63. The summed E-state index contributed by atoms with van der Waals surface area (Å²) in [4.78, 5) is 31.0. The molecule has 2 aromatic rings. The Hall–Kier alpha value is -2.60. The number of benzene rings is 1. The van der Waals surface area contributed by atoms with Gasteiger partial charge in [-0.15, -0.1) is 0 Å². The first-order valence-electron chi connectivity index (χ1n) is 12.1. The van der Waals surface area contributed by atoms with Gasteiger partial charge in [0.15, 0.2) is 5.78 Å². The molecule has 32 heavy (non-hydrogen) atoms. The SMILES string of the molecule is CCCN(CCCOc1cccc(NC(=O)c2c[nH]c3c2C(=O)CCCC3)c1)CC1CC1. The Bertz CT molecular complexity index is 932. The average Bonchev–Trinajstić information content (AvgIpc) is 3.53. The van der Waals surface area contributed by atoms with Crippen molar-refractivity contribution in [2.75, 3.05) is 31.6 Å². The van der Waals surface area contributed by atoms with E-state index >= 15 is 0 Å². The summed E-state index contributed by atoms with van der Waals surface area (Å²) in [5.41, 5.74) is 2.55. The fourth-order valence-electron chi connectivity index (χ4n) is 4.49. The topological polar surface area (TPSA) is 74.4 Å². The summed E-state index contributed by atoms with van der Waals surface area (Å²) < 4.78 is 5.95. The molecular weight excluding hydrogens is 402 g/mol. The molecule has 0 bridgehead atoms. The van der Waals surface area contributed by atoms with Gasteiger partial charge in [-0.2, -0.15) is 0 Å². The van der Waals surface area contributed by atoms with Crippen molar-refractivity contribution in [2.45, 2.75) is 58.3 Å². The number of aromatic amines is 1. The van der Waals surface area contributed by atoms with E-state index in [-0.39, 0.29) is 11.7 Å². The van der Waals surface area contributed by atoms with E-state index in [1.54, 1.807) is 6.20 Å². The number of fused-ring (bicyclic) bond motifs is 1. The zero-order valence-electron chi connectivity index (χ0n) is 19.1. The second kappa shape index (κ2) is 10.8. The number of rotatable bonds is 11. The zero-order chi connectivity index (χ0) is 22.3. The van der Waals surface area contributed by atoms with Crippen LogP contribution in [0.5, 0.6) is 5.75 Å². The van der Waals surface area contributed by atoms with E-state index in [0.29, 0.717) is 29.8 Å². The molecule has 1 aromatic heterocycles. The third-order valence-corrected chi connectivity index (χ3v) is 6.30. The predicted octanol–water partition coefficient (Wildman–Crippen LogP) is 5.07. The van der Waals surface area contributed by atoms with Crippen molar-refractivity contribution in [3.8, 4) is 5.75 Å². The van der Waals surface area contributed by atoms with Crippen LogP contribution in [0.1, 0.15) is 78.3 Å². The summed E-state index contributed by atoms with van der Waals surface area (Å²) in [6.45, 7) is 6.33. The summed E-state index contributed by atoms with van der Waals surface area (Å²) in [6, 6.07) is 7.48. The van der Waals surface area contributed by atoms with Gasteiger partial charge in [-0.05, 0) is 69.5 Å². The number of hydrogen-bond donors (Lipinski definition) is 2. The van der Waals surface area contributed by atoms with E-state index < -0.39 is 0 Å². The number of aromatic nitrogens is 1. The van der Waals surface area contributed by atoms with Gasteiger partial charge in [0.05, 0.1) is 17.7 Å². The number of Topliss-reactive ketones (excluding diaryl/α,β-unsaturated/α-hetero) is 1. The van der Waals surface area contributed by atoms with Gasteiger partial charge < -0.3 is 19.9 Å². The Balaban J connectivity index is 1.30. The molecule has 6 heteroatoms. The van der Waals surface area contributed by atoms with Gasteiger partial charge in [0.1, 0.15) is 5.75 Å². The van der Waals surface area contributed by atoms with Crippen LogP contribution >= 0.6 is 0 Å². The van der Waals surface area contributed by atoms with Gasteiger partial charge in [0, 0.05) is 43.2 Å². The van der Waals surface area contributed by atoms with Gasteiger partial charge >= 0.3 is 0 Å². The molecule has 0 atom stereocenters. The number of amides is 1. The summed E-state index contributed by atoms with van der Waals surface area (Å²) in [5, 5.41) is 2.93. The van der Waals surface area contributed by atoms with Crippen molar-refractivity contribution >= 4 is 17.4 Å². The predicted molar refractivity (Wildman–Crippen MR) is 127 cm³/mol. The summed E-state index contributed by atoms with van der Waals surface area (Å²) in [5.74, 6) is 1.45. The zero-order valence-corrected chi connectivity index (χ0v) is 19.1. The molecule has 172 valence electrons. The Morgan fingerprint density at radius 1 is 1.22 bits per heavy atom. The lowest BCUT2D eigenvalue weighted by Gasteiger charge is -2.21. The van der Waals surface area contributed by atoms with Crippen LogP contribution in [0.15, 0.2) is 30.5 Å². The number of nitrogens with one attached hydrogen (secondary N) is 2. The van der Waals surface area contributed by atoms with Crippen molar-refractivity contribution in [3.05, 3.63) is 47.3 Å². The Labute approximate surface area is 190 Å². The van der Waals surface area contributed by atoms with Crippen LogP contribution < -0.4 is 10.1 Å². The van der Waals surface area contributed by atoms with E-state index in [4.69, 9.17) is 4.74 Å². The summed E-state index contributed by atoms with van der Waals surface area (Å²) >= 11 is 0. The van der Waals surface area contributed by atoms with E-state index in [2.05, 4.69) is 22.1 Å². The highest BCUT2D eigenvalue weighted by atomic mass is 16.5. The lowest BCUT2D eigenvalue weighted by atomic mass is 10.0. The van der Waals surface area contributed by atoms with Gasteiger partial charge in [0.2, 0.25) is 0 Å². The highest BCUT2D eigenvalue weighted by Gasteiger charge is 2.25. The number of anilines is 1. The molecule has 0 unspecified atom stereocenters. The van der Waals surface area contributed by atoms with Crippen LogP contribution in [0.4, 0.5) is 5.69 Å². The molecule has 2 N–H and O–H groups in total. The van der Waals surface area contributed by atoms with Crippen LogP contribution in [0, 0.1) is 5.92 Å². The number of hydrogen-bond acceptors (Lipinski definition) is 4. The number of carbonyl (C=O) groups is 2. The lowest BCUT2D eigenvalue weighted by Crippen LogP contribution is -2.29. The van der Waals surface area contributed by atoms with Crippen molar-refractivity contribution in [1.82, 2.24) is 9.88 Å². The molecule has 6 nitrogen and oxygen atoms in total. The first kappa shape index (κ1) is 22.6. The minimum Gasteiger partial charge on any atom is -0.493 e. The molecule has 2 aliphatic rings. The molecule has 1 amide bonds. The summed E-state index contributed by atoms with van der Waals surface area (Å²) in [6.07, 6.45) is 9.76. The van der Waals surface area contributed by atoms with Crippen molar-refractivity contribution in [3.63, 3.8) is 0 Å². The maximum atomic E-state index is 12.9. The fourth-order valence-corrected chi connectivity index (χ4v) is 4.49. The smallest absolute Gasteiger partial charge is 0.257 e. The highest BCUT2D eigenvalue weighted by Crippen LogP contribution is 2.30. The Morgan fingerprint density at radius 3 is 2.88 bits per heavy atom. The standard InChI is InChI=1S/C26H35N3O3/c1-2-13-29(18-19-11-12-19)14-6-15-32-21-8-5-7-20(16-21)28-26(31)22-17-27-23-9-3-4-10-24(30)25(22)23/h5,7-8,16-17,19,27H,2-4,6,9-15,18H2,1H3,(H,28,31). The first-order chi connectivity index (χ1) is 15.6. The normalized spacial score (nSPS) is 16.0. The molecule has 2 aliphatic carbocycles. The molecule has 1 fully saturated rings. The van der Waals surface area contributed by atoms with E-state index in [1.807, 2.05) is 24.3 Å². The molecule has 4 rings (SSSR count). The monoisotopic (exact) mass is 437 g/mol. The van der Waals surface area contributed by atoms with Crippen molar-refractivity contribution in [2.24, 2.45) is 5.92 Å². The molecule has 1 saturated carbocycles. The van der Waals surface area contributed by atoms with Crippen LogP contribution in [0.2, 0.25) is 0 Å². The maximum absolute atomic E-state index is 12.9. The average molecular weight is 438 g/mol. The van der Waals surface area contributed by atoms with E-state index in [9.17, 15) is 9.59 Å². The summed E-state index contributed by atoms with van der Waals surface area (Å²) in [7, 11) is 0. The third kappa shape index (κ3) is 6.00. The highest BCUT2D eigenvalue weighted by molar-refractivity contribution is 6.13. The quantitative estimate of drug-likeness (QED) is 0.380. The second-order valence-electron chi connectivity index (χ2n) is 9.11. The van der Waals surface area contributed by atoms with Crippen LogP contribution in [-0.2, 0) is 6.42 Å². The molecule has 0 aliphatic heterocycles. The van der Waals surface area contributed by atoms with Gasteiger partial charge in [0.25, 0.3) is 5.91 Å². The van der Waals surface area contributed by atoms with Gasteiger partial charge in [-0.1, -0.05) is 13.0 Å². The minimum absolute atomic E-state index is 0.0554. The number of ether oxygens (including phenoxy) is 1. The minimum atomic E-state index is -0.259. The first-order valence-corrected chi connectivity index (χ1v) is 12.1. The molecular formula is C26H35N3O3. The van der Waals surface area contributed by atoms with Gasteiger partial charge in [-0.3, -0.25) is 9.59 Å². The third-order valence-electron chi connectivity index (χ3n) is 6.30.